The number of ether oxygens (including phenoxy) is 1. The zero-order chi connectivity index (χ0) is 12.3. The molecule has 0 fully saturated rings. The summed E-state index contributed by atoms with van der Waals surface area (Å²) in [5.41, 5.74) is 6.85. The average molecular weight is 234 g/mol. The van der Waals surface area contributed by atoms with E-state index >= 15 is 0 Å². The lowest BCUT2D eigenvalue weighted by atomic mass is 9.92. The molecule has 0 spiro atoms. The molecule has 0 saturated heterocycles. The maximum atomic E-state index is 5.93. The number of pyridine rings is 1. The van der Waals surface area contributed by atoms with Gasteiger partial charge in [0.25, 0.3) is 0 Å². The van der Waals surface area contributed by atoms with E-state index in [1.54, 1.807) is 13.3 Å². The number of rotatable bonds is 4. The van der Waals surface area contributed by atoms with Gasteiger partial charge in [-0.05, 0) is 18.6 Å². The normalized spacial score (nSPS) is 23.9. The molecule has 0 saturated carbocycles. The van der Waals surface area contributed by atoms with Gasteiger partial charge in [-0.3, -0.25) is 9.98 Å². The highest BCUT2D eigenvalue weighted by atomic mass is 16.5. The van der Waals surface area contributed by atoms with Crippen molar-refractivity contribution in [3.63, 3.8) is 0 Å². The monoisotopic (exact) mass is 234 g/mol. The maximum absolute atomic E-state index is 5.93. The number of aromatic nitrogens is 1. The van der Waals surface area contributed by atoms with Crippen molar-refractivity contribution >= 4 is 5.96 Å². The van der Waals surface area contributed by atoms with Crippen LogP contribution in [0.3, 0.4) is 0 Å². The fourth-order valence-electron chi connectivity index (χ4n) is 2.13. The molecule has 0 aromatic carbocycles. The molecular formula is C12H18N4O. The fraction of sp³-hybridized carbons (Fsp3) is 0.500. The molecule has 5 nitrogen and oxygen atoms in total. The second-order valence-corrected chi connectivity index (χ2v) is 4.33. The molecule has 1 aromatic rings. The van der Waals surface area contributed by atoms with Gasteiger partial charge in [0.15, 0.2) is 5.96 Å². The van der Waals surface area contributed by atoms with Crippen molar-refractivity contribution in [2.45, 2.75) is 12.5 Å². The second-order valence-electron chi connectivity index (χ2n) is 4.33. The predicted molar refractivity (Wildman–Crippen MR) is 66.7 cm³/mol. The molecule has 2 rings (SSSR count). The van der Waals surface area contributed by atoms with Gasteiger partial charge in [0.1, 0.15) is 0 Å². The molecule has 0 radical (unpaired) electrons. The van der Waals surface area contributed by atoms with Crippen LogP contribution in [0.25, 0.3) is 0 Å². The molecule has 1 unspecified atom stereocenters. The molecule has 1 aromatic heterocycles. The van der Waals surface area contributed by atoms with E-state index in [0.29, 0.717) is 19.1 Å². The first-order valence-electron chi connectivity index (χ1n) is 5.65. The van der Waals surface area contributed by atoms with Crippen LogP contribution in [0.2, 0.25) is 0 Å². The van der Waals surface area contributed by atoms with Crippen LogP contribution in [-0.2, 0) is 10.3 Å². The fourth-order valence-corrected chi connectivity index (χ4v) is 2.13. The number of hydrogen-bond acceptors (Lipinski definition) is 5. The Morgan fingerprint density at radius 1 is 1.59 bits per heavy atom. The van der Waals surface area contributed by atoms with Gasteiger partial charge in [-0.25, -0.2) is 0 Å². The largest absolute Gasteiger partial charge is 0.383 e. The second kappa shape index (κ2) is 4.71. The summed E-state index contributed by atoms with van der Waals surface area (Å²) in [4.78, 5) is 10.6. The molecular weight excluding hydrogens is 216 g/mol. The Morgan fingerprint density at radius 3 is 3.06 bits per heavy atom. The van der Waals surface area contributed by atoms with Crippen LogP contribution in [0.15, 0.2) is 29.5 Å². The maximum Gasteiger partial charge on any atom is 0.192 e. The van der Waals surface area contributed by atoms with E-state index in [9.17, 15) is 0 Å². The van der Waals surface area contributed by atoms with Crippen LogP contribution in [0.1, 0.15) is 12.5 Å². The predicted octanol–water partition coefficient (Wildman–Crippen LogP) is 0.573. The molecule has 2 heterocycles. The standard InChI is InChI=1S/C12H18N4O/c1-12(10-4-3-5-14-8-10)9-15-11(13)16(12)6-7-17-2/h3-5,8H,6-7,9H2,1-2H3,(H2,13,15). The molecule has 1 atom stereocenters. The van der Waals surface area contributed by atoms with E-state index in [2.05, 4.69) is 27.9 Å². The Morgan fingerprint density at radius 2 is 2.41 bits per heavy atom. The molecule has 0 aliphatic carbocycles. The number of methoxy groups -OCH3 is 1. The molecule has 5 heteroatoms. The van der Waals surface area contributed by atoms with E-state index in [1.807, 2.05) is 12.3 Å². The molecule has 17 heavy (non-hydrogen) atoms. The lowest BCUT2D eigenvalue weighted by Crippen LogP contribution is -2.48. The van der Waals surface area contributed by atoms with Crippen LogP contribution in [-0.4, -0.2) is 42.6 Å². The lowest BCUT2D eigenvalue weighted by Gasteiger charge is -2.36. The van der Waals surface area contributed by atoms with Crippen molar-refractivity contribution in [3.8, 4) is 0 Å². The van der Waals surface area contributed by atoms with Crippen LogP contribution >= 0.6 is 0 Å². The first-order valence-corrected chi connectivity index (χ1v) is 5.65. The summed E-state index contributed by atoms with van der Waals surface area (Å²) < 4.78 is 5.11. The first kappa shape index (κ1) is 11.9. The highest BCUT2D eigenvalue weighted by molar-refractivity contribution is 5.81. The van der Waals surface area contributed by atoms with Crippen molar-refractivity contribution in [2.24, 2.45) is 10.7 Å². The van der Waals surface area contributed by atoms with Crippen LogP contribution in [0.5, 0.6) is 0 Å². The third-order valence-electron chi connectivity index (χ3n) is 3.22. The van der Waals surface area contributed by atoms with Gasteiger partial charge in [-0.1, -0.05) is 6.07 Å². The van der Waals surface area contributed by atoms with Crippen molar-refractivity contribution in [2.75, 3.05) is 26.8 Å². The van der Waals surface area contributed by atoms with Crippen LogP contribution in [0, 0.1) is 0 Å². The van der Waals surface area contributed by atoms with Gasteiger partial charge >= 0.3 is 0 Å². The average Bonchev–Trinajstić information content (AvgIpc) is 2.65. The smallest absolute Gasteiger partial charge is 0.192 e. The molecule has 0 amide bonds. The third kappa shape index (κ3) is 2.10. The van der Waals surface area contributed by atoms with E-state index in [1.165, 1.54) is 0 Å². The summed E-state index contributed by atoms with van der Waals surface area (Å²) in [6.45, 7) is 4.15. The van der Waals surface area contributed by atoms with Gasteiger partial charge in [-0.15, -0.1) is 0 Å². The van der Waals surface area contributed by atoms with Crippen molar-refractivity contribution in [3.05, 3.63) is 30.1 Å². The Bertz CT molecular complexity index is 406. The third-order valence-corrected chi connectivity index (χ3v) is 3.22. The van der Waals surface area contributed by atoms with E-state index in [0.717, 1.165) is 12.1 Å². The summed E-state index contributed by atoms with van der Waals surface area (Å²) in [5, 5.41) is 0. The Hall–Kier alpha value is -1.62. The first-order chi connectivity index (χ1) is 8.18. The molecule has 0 bridgehead atoms. The Labute approximate surface area is 101 Å². The Balaban J connectivity index is 2.25. The topological polar surface area (TPSA) is 63.7 Å². The number of hydrogen-bond donors (Lipinski definition) is 1. The van der Waals surface area contributed by atoms with Crippen molar-refractivity contribution in [1.29, 1.82) is 0 Å². The minimum atomic E-state index is -0.211. The van der Waals surface area contributed by atoms with Gasteiger partial charge in [0.2, 0.25) is 0 Å². The summed E-state index contributed by atoms with van der Waals surface area (Å²) >= 11 is 0. The van der Waals surface area contributed by atoms with Gasteiger partial charge in [-0.2, -0.15) is 0 Å². The number of guanidine groups is 1. The van der Waals surface area contributed by atoms with Crippen molar-refractivity contribution < 1.29 is 4.74 Å². The summed E-state index contributed by atoms with van der Waals surface area (Å²) in [5.74, 6) is 0.577. The van der Waals surface area contributed by atoms with E-state index in [-0.39, 0.29) is 5.54 Å². The number of nitrogens with zero attached hydrogens (tertiary/aromatic N) is 3. The zero-order valence-corrected chi connectivity index (χ0v) is 10.3. The van der Waals surface area contributed by atoms with Crippen LogP contribution < -0.4 is 5.73 Å². The van der Waals surface area contributed by atoms with Gasteiger partial charge in [0.05, 0.1) is 18.7 Å². The highest BCUT2D eigenvalue weighted by Crippen LogP contribution is 2.31. The Kier molecular flexibility index (Phi) is 3.28. The van der Waals surface area contributed by atoms with E-state index < -0.39 is 0 Å². The number of nitrogens with two attached hydrogens (primary N) is 1. The van der Waals surface area contributed by atoms with E-state index in [4.69, 9.17) is 10.5 Å². The minimum Gasteiger partial charge on any atom is -0.383 e. The molecule has 92 valence electrons. The summed E-state index contributed by atoms with van der Waals surface area (Å²) in [6, 6.07) is 3.99. The lowest BCUT2D eigenvalue weighted by molar-refractivity contribution is 0.137. The molecule has 1 aliphatic heterocycles. The summed E-state index contributed by atoms with van der Waals surface area (Å²) in [6.07, 6.45) is 3.64. The van der Waals surface area contributed by atoms with Crippen molar-refractivity contribution in [1.82, 2.24) is 9.88 Å². The molecule has 2 N–H and O–H groups in total. The highest BCUT2D eigenvalue weighted by Gasteiger charge is 2.39. The SMILES string of the molecule is COCCN1C(N)=NCC1(C)c1cccnc1. The summed E-state index contributed by atoms with van der Waals surface area (Å²) in [7, 11) is 1.69. The van der Waals surface area contributed by atoms with Crippen LogP contribution in [0.4, 0.5) is 0 Å². The minimum absolute atomic E-state index is 0.211. The molecule has 1 aliphatic rings. The number of aliphatic imine (C=N–C) groups is 1. The van der Waals surface area contributed by atoms with Gasteiger partial charge < -0.3 is 15.4 Å². The zero-order valence-electron chi connectivity index (χ0n) is 10.3. The van der Waals surface area contributed by atoms with Gasteiger partial charge in [0, 0.05) is 26.0 Å². The quantitative estimate of drug-likeness (QED) is 0.827.